The Balaban J connectivity index is 2.06. The number of carboxylic acids is 1. The first-order valence-electron chi connectivity index (χ1n) is 7.42. The Hall–Kier alpha value is -1.84. The van der Waals surface area contributed by atoms with Crippen LogP contribution in [0.5, 0.6) is 0 Å². The van der Waals surface area contributed by atoms with E-state index in [1.165, 1.54) is 0 Å². The maximum absolute atomic E-state index is 12.6. The van der Waals surface area contributed by atoms with Crippen LogP contribution in [0.4, 0.5) is 0 Å². The van der Waals surface area contributed by atoms with Crippen LogP contribution in [0.15, 0.2) is 24.3 Å². The second-order valence-electron chi connectivity index (χ2n) is 6.46. The fourth-order valence-electron chi connectivity index (χ4n) is 3.10. The summed E-state index contributed by atoms with van der Waals surface area (Å²) in [6, 6.07) is 7.85. The molecule has 2 N–H and O–H groups in total. The topological polar surface area (TPSA) is 66.4 Å². The molecule has 0 aromatic heterocycles. The summed E-state index contributed by atoms with van der Waals surface area (Å²) < 4.78 is 0. The summed E-state index contributed by atoms with van der Waals surface area (Å²) >= 11 is 0. The van der Waals surface area contributed by atoms with Gasteiger partial charge in [-0.15, -0.1) is 0 Å². The summed E-state index contributed by atoms with van der Waals surface area (Å²) in [6.45, 7) is 5.82. The highest BCUT2D eigenvalue weighted by Crippen LogP contribution is 2.29. The molecule has 4 heteroatoms. The van der Waals surface area contributed by atoms with Crippen LogP contribution in [0.25, 0.3) is 0 Å². The molecule has 0 spiro atoms. The fourth-order valence-corrected chi connectivity index (χ4v) is 3.10. The van der Waals surface area contributed by atoms with E-state index in [9.17, 15) is 9.59 Å². The van der Waals surface area contributed by atoms with Crippen molar-refractivity contribution >= 4 is 11.9 Å². The fraction of sp³-hybridized carbons (Fsp3) is 0.529. The molecule has 2 rings (SSSR count). The normalized spacial score (nSPS) is 22.0. The van der Waals surface area contributed by atoms with Gasteiger partial charge < -0.3 is 10.4 Å². The molecule has 0 saturated heterocycles. The first-order chi connectivity index (χ1) is 9.82. The Morgan fingerprint density at radius 1 is 1.24 bits per heavy atom. The molecular formula is C17H23NO3. The highest BCUT2D eigenvalue weighted by atomic mass is 16.4. The van der Waals surface area contributed by atoms with E-state index in [4.69, 9.17) is 5.11 Å². The third-order valence-corrected chi connectivity index (χ3v) is 4.50. The molecule has 0 radical (unpaired) electrons. The molecule has 1 aromatic rings. The average Bonchev–Trinajstić information content (AvgIpc) is 2.87. The van der Waals surface area contributed by atoms with Crippen molar-refractivity contribution < 1.29 is 14.7 Å². The lowest BCUT2D eigenvalue weighted by Gasteiger charge is -2.28. The molecule has 0 unspecified atom stereocenters. The molecule has 1 aliphatic rings. The van der Waals surface area contributed by atoms with Gasteiger partial charge in [-0.05, 0) is 51.2 Å². The number of aryl methyl sites for hydroxylation is 1. The molecule has 0 aliphatic heterocycles. The number of amides is 1. The Bertz CT molecular complexity index is 551. The van der Waals surface area contributed by atoms with E-state index in [1.807, 2.05) is 45.0 Å². The van der Waals surface area contributed by atoms with Crippen LogP contribution in [0, 0.1) is 12.8 Å². The standard InChI is InChI=1S/C17H23NO3/c1-11-6-4-5-7-14(11)17(2,3)16(21)18-13-9-8-12(10-13)15(19)20/h4-7,12-13H,8-10H2,1-3H3,(H,18,21)(H,19,20)/t12-,13+/m0/s1. The van der Waals surface area contributed by atoms with Gasteiger partial charge in [0.2, 0.25) is 5.91 Å². The molecule has 21 heavy (non-hydrogen) atoms. The monoisotopic (exact) mass is 289 g/mol. The maximum atomic E-state index is 12.6. The zero-order chi connectivity index (χ0) is 15.6. The number of benzene rings is 1. The van der Waals surface area contributed by atoms with Gasteiger partial charge in [0, 0.05) is 6.04 Å². The van der Waals surface area contributed by atoms with E-state index in [-0.39, 0.29) is 17.9 Å². The Labute approximate surface area is 125 Å². The molecule has 1 saturated carbocycles. The number of aliphatic carboxylic acids is 1. The minimum Gasteiger partial charge on any atom is -0.481 e. The highest BCUT2D eigenvalue weighted by Gasteiger charge is 2.35. The van der Waals surface area contributed by atoms with E-state index >= 15 is 0 Å². The lowest BCUT2D eigenvalue weighted by molar-refractivity contribution is -0.141. The van der Waals surface area contributed by atoms with Crippen LogP contribution >= 0.6 is 0 Å². The quantitative estimate of drug-likeness (QED) is 0.895. The number of carbonyl (C=O) groups excluding carboxylic acids is 1. The van der Waals surface area contributed by atoms with E-state index < -0.39 is 11.4 Å². The van der Waals surface area contributed by atoms with Gasteiger partial charge >= 0.3 is 5.97 Å². The zero-order valence-corrected chi connectivity index (χ0v) is 12.8. The molecule has 4 nitrogen and oxygen atoms in total. The molecule has 1 aromatic carbocycles. The van der Waals surface area contributed by atoms with Crippen molar-refractivity contribution in [2.45, 2.75) is 51.5 Å². The summed E-state index contributed by atoms with van der Waals surface area (Å²) in [5.74, 6) is -1.12. The summed E-state index contributed by atoms with van der Waals surface area (Å²) in [7, 11) is 0. The Morgan fingerprint density at radius 3 is 2.48 bits per heavy atom. The number of hydrogen-bond acceptors (Lipinski definition) is 2. The Morgan fingerprint density at radius 2 is 1.90 bits per heavy atom. The SMILES string of the molecule is Cc1ccccc1C(C)(C)C(=O)N[C@@H]1CC[C@H](C(=O)O)C1. The predicted octanol–water partition coefficient (Wildman–Crippen LogP) is 2.64. The van der Waals surface area contributed by atoms with Gasteiger partial charge in [-0.25, -0.2) is 0 Å². The van der Waals surface area contributed by atoms with Gasteiger partial charge in [0.05, 0.1) is 11.3 Å². The lowest BCUT2D eigenvalue weighted by atomic mass is 9.81. The van der Waals surface area contributed by atoms with Gasteiger partial charge in [0.25, 0.3) is 0 Å². The maximum Gasteiger partial charge on any atom is 0.306 e. The third kappa shape index (κ3) is 3.26. The van der Waals surface area contributed by atoms with Gasteiger partial charge in [0.1, 0.15) is 0 Å². The van der Waals surface area contributed by atoms with Crippen molar-refractivity contribution in [3.63, 3.8) is 0 Å². The van der Waals surface area contributed by atoms with Crippen molar-refractivity contribution in [3.05, 3.63) is 35.4 Å². The number of hydrogen-bond donors (Lipinski definition) is 2. The number of nitrogens with one attached hydrogen (secondary N) is 1. The van der Waals surface area contributed by atoms with Crippen molar-refractivity contribution in [1.82, 2.24) is 5.32 Å². The second kappa shape index (κ2) is 5.88. The Kier molecular flexibility index (Phi) is 4.35. The van der Waals surface area contributed by atoms with Crippen LogP contribution in [-0.4, -0.2) is 23.0 Å². The minimum absolute atomic E-state index is 0.0260. The minimum atomic E-state index is -0.759. The van der Waals surface area contributed by atoms with Gasteiger partial charge in [-0.2, -0.15) is 0 Å². The van der Waals surface area contributed by atoms with Crippen LogP contribution in [0.1, 0.15) is 44.2 Å². The molecule has 1 amide bonds. The van der Waals surface area contributed by atoms with Crippen LogP contribution < -0.4 is 5.32 Å². The van der Waals surface area contributed by atoms with Gasteiger partial charge in [-0.3, -0.25) is 9.59 Å². The molecule has 0 heterocycles. The largest absolute Gasteiger partial charge is 0.481 e. The summed E-state index contributed by atoms with van der Waals surface area (Å²) in [4.78, 5) is 23.6. The van der Waals surface area contributed by atoms with Gasteiger partial charge in [-0.1, -0.05) is 24.3 Å². The number of carbonyl (C=O) groups is 2. The summed E-state index contributed by atoms with van der Waals surface area (Å²) in [5, 5.41) is 12.1. The van der Waals surface area contributed by atoms with Crippen molar-refractivity contribution in [3.8, 4) is 0 Å². The smallest absolute Gasteiger partial charge is 0.306 e. The summed E-state index contributed by atoms with van der Waals surface area (Å²) in [6.07, 6.45) is 1.92. The van der Waals surface area contributed by atoms with Gasteiger partial charge in [0.15, 0.2) is 0 Å². The van der Waals surface area contributed by atoms with Crippen molar-refractivity contribution in [2.24, 2.45) is 5.92 Å². The van der Waals surface area contributed by atoms with Crippen LogP contribution in [0.2, 0.25) is 0 Å². The molecule has 114 valence electrons. The predicted molar refractivity (Wildman–Crippen MR) is 81.1 cm³/mol. The molecule has 1 aliphatic carbocycles. The van der Waals surface area contributed by atoms with E-state index in [0.29, 0.717) is 12.8 Å². The van der Waals surface area contributed by atoms with E-state index in [1.54, 1.807) is 0 Å². The van der Waals surface area contributed by atoms with E-state index in [0.717, 1.165) is 17.5 Å². The third-order valence-electron chi connectivity index (χ3n) is 4.50. The molecular weight excluding hydrogens is 266 g/mol. The summed E-state index contributed by atoms with van der Waals surface area (Å²) in [5.41, 5.74) is 1.48. The van der Waals surface area contributed by atoms with Crippen molar-refractivity contribution in [1.29, 1.82) is 0 Å². The van der Waals surface area contributed by atoms with Crippen LogP contribution in [0.3, 0.4) is 0 Å². The van der Waals surface area contributed by atoms with Crippen molar-refractivity contribution in [2.75, 3.05) is 0 Å². The highest BCUT2D eigenvalue weighted by molar-refractivity contribution is 5.88. The van der Waals surface area contributed by atoms with E-state index in [2.05, 4.69) is 5.32 Å². The van der Waals surface area contributed by atoms with Crippen LogP contribution in [-0.2, 0) is 15.0 Å². The zero-order valence-electron chi connectivity index (χ0n) is 12.8. The number of carboxylic acid groups (broad SMARTS) is 1. The molecule has 2 atom stereocenters. The second-order valence-corrected chi connectivity index (χ2v) is 6.46. The first-order valence-corrected chi connectivity index (χ1v) is 7.42. The first kappa shape index (κ1) is 15.5. The number of rotatable bonds is 4. The molecule has 1 fully saturated rings. The molecule has 0 bridgehead atoms. The lowest BCUT2D eigenvalue weighted by Crippen LogP contribution is -2.44. The average molecular weight is 289 g/mol.